The Labute approximate surface area is 145 Å². The highest BCUT2D eigenvalue weighted by Crippen LogP contribution is 2.24. The van der Waals surface area contributed by atoms with Gasteiger partial charge in [0.15, 0.2) is 0 Å². The van der Waals surface area contributed by atoms with Crippen LogP contribution in [-0.4, -0.2) is 63.4 Å². The first-order valence-electron chi connectivity index (χ1n) is 8.75. The van der Waals surface area contributed by atoms with E-state index in [1.54, 1.807) is 15.7 Å². The number of hydrogen-bond acceptors (Lipinski definition) is 4. The zero-order valence-corrected chi connectivity index (χ0v) is 15.2. The first kappa shape index (κ1) is 17.5. The fourth-order valence-corrected chi connectivity index (χ4v) is 5.09. The van der Waals surface area contributed by atoms with Crippen molar-refractivity contribution < 1.29 is 13.2 Å². The Hall–Kier alpha value is -1.31. The minimum Gasteiger partial charge on any atom is -0.497 e. The second-order valence-electron chi connectivity index (χ2n) is 6.41. The van der Waals surface area contributed by atoms with Crippen LogP contribution in [0.4, 0.5) is 5.69 Å². The van der Waals surface area contributed by atoms with Crippen LogP contribution in [0.3, 0.4) is 0 Å². The molecular formula is C17H27N3O3S. The molecule has 0 radical (unpaired) electrons. The third kappa shape index (κ3) is 3.84. The van der Waals surface area contributed by atoms with Crippen LogP contribution >= 0.6 is 0 Å². The molecule has 0 bridgehead atoms. The summed E-state index contributed by atoms with van der Waals surface area (Å²) in [5.41, 5.74) is 1.08. The van der Waals surface area contributed by atoms with Crippen LogP contribution in [0, 0.1) is 0 Å². The highest BCUT2D eigenvalue weighted by Gasteiger charge is 2.32. The molecule has 1 aromatic rings. The Bertz CT molecular complexity index is 634. The lowest BCUT2D eigenvalue weighted by Crippen LogP contribution is -2.53. The monoisotopic (exact) mass is 353 g/mol. The normalized spacial score (nSPS) is 21.5. The van der Waals surface area contributed by atoms with Crippen LogP contribution < -0.4 is 9.64 Å². The van der Waals surface area contributed by atoms with Gasteiger partial charge in [-0.2, -0.15) is 17.0 Å². The molecule has 134 valence electrons. The fourth-order valence-electron chi connectivity index (χ4n) is 3.42. The van der Waals surface area contributed by atoms with Crippen molar-refractivity contribution in [2.75, 3.05) is 51.3 Å². The summed E-state index contributed by atoms with van der Waals surface area (Å²) in [7, 11) is -1.65. The highest BCUT2D eigenvalue weighted by molar-refractivity contribution is 7.86. The third-order valence-electron chi connectivity index (χ3n) is 4.87. The van der Waals surface area contributed by atoms with Crippen LogP contribution in [0.1, 0.15) is 25.7 Å². The molecule has 24 heavy (non-hydrogen) atoms. The second-order valence-corrected chi connectivity index (χ2v) is 8.34. The van der Waals surface area contributed by atoms with Gasteiger partial charge in [0.25, 0.3) is 10.2 Å². The van der Waals surface area contributed by atoms with Gasteiger partial charge in [0.05, 0.1) is 7.11 Å². The Balaban J connectivity index is 1.63. The molecule has 0 saturated carbocycles. The molecule has 1 aromatic carbocycles. The van der Waals surface area contributed by atoms with E-state index in [1.165, 1.54) is 0 Å². The number of nitrogens with zero attached hydrogens (tertiary/aromatic N) is 3. The molecule has 2 saturated heterocycles. The van der Waals surface area contributed by atoms with E-state index in [4.69, 9.17) is 4.74 Å². The average molecular weight is 353 g/mol. The lowest BCUT2D eigenvalue weighted by molar-refractivity contribution is 0.327. The van der Waals surface area contributed by atoms with E-state index in [0.29, 0.717) is 39.3 Å². The quantitative estimate of drug-likeness (QED) is 0.830. The van der Waals surface area contributed by atoms with Gasteiger partial charge in [-0.05, 0) is 25.0 Å². The molecule has 0 aliphatic carbocycles. The largest absolute Gasteiger partial charge is 0.497 e. The molecule has 2 heterocycles. The Morgan fingerprint density at radius 2 is 1.50 bits per heavy atom. The maximum atomic E-state index is 12.9. The van der Waals surface area contributed by atoms with E-state index < -0.39 is 10.2 Å². The first-order valence-corrected chi connectivity index (χ1v) is 10.2. The lowest BCUT2D eigenvalue weighted by atomic mass is 10.2. The number of piperazine rings is 1. The van der Waals surface area contributed by atoms with Crippen LogP contribution in [0.15, 0.2) is 24.3 Å². The van der Waals surface area contributed by atoms with Crippen molar-refractivity contribution >= 4 is 15.9 Å². The minimum absolute atomic E-state index is 0.538. The number of rotatable bonds is 4. The predicted octanol–water partition coefficient (Wildman–Crippen LogP) is 1.94. The second kappa shape index (κ2) is 7.72. The van der Waals surface area contributed by atoms with Gasteiger partial charge in [0, 0.05) is 51.0 Å². The summed E-state index contributed by atoms with van der Waals surface area (Å²) in [5.74, 6) is 0.826. The lowest BCUT2D eigenvalue weighted by Gasteiger charge is -2.37. The van der Waals surface area contributed by atoms with Gasteiger partial charge in [-0.25, -0.2) is 0 Å². The highest BCUT2D eigenvalue weighted by atomic mass is 32.2. The maximum Gasteiger partial charge on any atom is 0.282 e. The van der Waals surface area contributed by atoms with Gasteiger partial charge in [-0.3, -0.25) is 0 Å². The van der Waals surface area contributed by atoms with Crippen LogP contribution in [-0.2, 0) is 10.2 Å². The predicted molar refractivity (Wildman–Crippen MR) is 95.7 cm³/mol. The van der Waals surface area contributed by atoms with Crippen LogP contribution in [0.5, 0.6) is 5.75 Å². The van der Waals surface area contributed by atoms with Crippen molar-refractivity contribution in [3.8, 4) is 5.75 Å². The number of hydrogen-bond donors (Lipinski definition) is 0. The van der Waals surface area contributed by atoms with Crippen molar-refractivity contribution in [3.05, 3.63) is 24.3 Å². The summed E-state index contributed by atoms with van der Waals surface area (Å²) >= 11 is 0. The van der Waals surface area contributed by atoms with E-state index in [1.807, 2.05) is 24.3 Å². The van der Waals surface area contributed by atoms with Crippen molar-refractivity contribution in [2.45, 2.75) is 25.7 Å². The fraction of sp³-hybridized carbons (Fsp3) is 0.647. The van der Waals surface area contributed by atoms with Gasteiger partial charge in [0.1, 0.15) is 5.75 Å². The number of anilines is 1. The van der Waals surface area contributed by atoms with Crippen molar-refractivity contribution in [3.63, 3.8) is 0 Å². The molecule has 7 heteroatoms. The summed E-state index contributed by atoms with van der Waals surface area (Å²) in [6.07, 6.45) is 4.22. The van der Waals surface area contributed by atoms with Gasteiger partial charge in [-0.1, -0.05) is 18.9 Å². The molecule has 0 aromatic heterocycles. The molecule has 0 unspecified atom stereocenters. The zero-order chi connectivity index (χ0) is 17.0. The Morgan fingerprint density at radius 3 is 2.12 bits per heavy atom. The molecule has 3 rings (SSSR count). The Morgan fingerprint density at radius 1 is 0.875 bits per heavy atom. The summed E-state index contributed by atoms with van der Waals surface area (Å²) < 4.78 is 34.3. The smallest absolute Gasteiger partial charge is 0.282 e. The standard InChI is InChI=1S/C17H27N3O3S/c1-23-17-8-6-7-16(15-17)18-11-13-20(14-12-18)24(21,22)19-9-4-2-3-5-10-19/h6-8,15H,2-5,9-14H2,1H3. The average Bonchev–Trinajstić information content (AvgIpc) is 2.92. The van der Waals surface area contributed by atoms with Crippen molar-refractivity contribution in [1.82, 2.24) is 8.61 Å². The zero-order valence-electron chi connectivity index (χ0n) is 14.4. The molecule has 2 fully saturated rings. The summed E-state index contributed by atoms with van der Waals surface area (Å²) in [4.78, 5) is 2.22. The van der Waals surface area contributed by atoms with E-state index in [0.717, 1.165) is 37.1 Å². The first-order chi connectivity index (χ1) is 11.6. The number of benzene rings is 1. The summed E-state index contributed by atoms with van der Waals surface area (Å²) in [5, 5.41) is 0. The van der Waals surface area contributed by atoms with Gasteiger partial charge in [0.2, 0.25) is 0 Å². The minimum atomic E-state index is -3.31. The molecule has 0 spiro atoms. The van der Waals surface area contributed by atoms with Gasteiger partial charge < -0.3 is 9.64 Å². The van der Waals surface area contributed by atoms with Crippen molar-refractivity contribution in [2.24, 2.45) is 0 Å². The molecule has 0 N–H and O–H groups in total. The van der Waals surface area contributed by atoms with Gasteiger partial charge in [-0.15, -0.1) is 0 Å². The molecule has 6 nitrogen and oxygen atoms in total. The number of ether oxygens (including phenoxy) is 1. The number of methoxy groups -OCH3 is 1. The van der Waals surface area contributed by atoms with E-state index in [9.17, 15) is 8.42 Å². The van der Waals surface area contributed by atoms with E-state index in [-0.39, 0.29) is 0 Å². The van der Waals surface area contributed by atoms with Gasteiger partial charge >= 0.3 is 0 Å². The third-order valence-corrected chi connectivity index (χ3v) is 6.91. The van der Waals surface area contributed by atoms with Crippen LogP contribution in [0.2, 0.25) is 0 Å². The maximum absolute atomic E-state index is 12.9. The summed E-state index contributed by atoms with van der Waals surface area (Å²) in [6.45, 7) is 3.82. The summed E-state index contributed by atoms with van der Waals surface area (Å²) in [6, 6.07) is 7.93. The molecule has 2 aliphatic heterocycles. The van der Waals surface area contributed by atoms with E-state index >= 15 is 0 Å². The molecule has 2 aliphatic rings. The molecule has 0 amide bonds. The van der Waals surface area contributed by atoms with E-state index in [2.05, 4.69) is 4.90 Å². The van der Waals surface area contributed by atoms with Crippen LogP contribution in [0.25, 0.3) is 0 Å². The molecule has 0 atom stereocenters. The van der Waals surface area contributed by atoms with Crippen molar-refractivity contribution in [1.29, 1.82) is 0 Å². The SMILES string of the molecule is COc1cccc(N2CCN(S(=O)(=O)N3CCCCCC3)CC2)c1. The topological polar surface area (TPSA) is 53.1 Å². The molecular weight excluding hydrogens is 326 g/mol. The Kier molecular flexibility index (Phi) is 5.63.